The molecule has 0 bridgehead atoms. The van der Waals surface area contributed by atoms with Crippen LogP contribution in [0.3, 0.4) is 0 Å². The summed E-state index contributed by atoms with van der Waals surface area (Å²) in [7, 11) is 0. The summed E-state index contributed by atoms with van der Waals surface area (Å²) in [6.45, 7) is 0. The number of hydrogen-bond donors (Lipinski definition) is 0. The average molecular weight is 263 g/mol. The lowest BCUT2D eigenvalue weighted by Crippen LogP contribution is -2.07. The van der Waals surface area contributed by atoms with Crippen molar-refractivity contribution in [3.63, 3.8) is 0 Å². The van der Waals surface area contributed by atoms with E-state index in [1.165, 1.54) is 6.07 Å². The van der Waals surface area contributed by atoms with Gasteiger partial charge in [-0.05, 0) is 29.3 Å². The fourth-order valence-corrected chi connectivity index (χ4v) is 2.00. The molecule has 0 spiro atoms. The van der Waals surface area contributed by atoms with Crippen LogP contribution in [0.1, 0.15) is 11.1 Å². The van der Waals surface area contributed by atoms with E-state index in [9.17, 15) is 9.18 Å². The van der Waals surface area contributed by atoms with Gasteiger partial charge < -0.3 is 0 Å². The summed E-state index contributed by atoms with van der Waals surface area (Å²) in [6.07, 6.45) is 0.383. The molecule has 2 aromatic rings. The minimum Gasteiger partial charge on any atom is -0.299 e. The molecule has 92 valence electrons. The van der Waals surface area contributed by atoms with E-state index in [-0.39, 0.29) is 24.4 Å². The maximum Gasteiger partial charge on any atom is 0.141 e. The van der Waals surface area contributed by atoms with E-state index in [0.29, 0.717) is 10.6 Å². The summed E-state index contributed by atoms with van der Waals surface area (Å²) in [5.74, 6) is -0.362. The minimum atomic E-state index is -0.336. The largest absolute Gasteiger partial charge is 0.299 e. The molecule has 0 aliphatic carbocycles. The third-order valence-corrected chi connectivity index (χ3v) is 2.87. The molecule has 0 atom stereocenters. The summed E-state index contributed by atoms with van der Waals surface area (Å²) in [5, 5.41) is 0.603. The lowest BCUT2D eigenvalue weighted by molar-refractivity contribution is -0.117. The first-order valence-electron chi connectivity index (χ1n) is 5.65. The van der Waals surface area contributed by atoms with Gasteiger partial charge in [-0.25, -0.2) is 4.39 Å². The van der Waals surface area contributed by atoms with Crippen molar-refractivity contribution in [2.45, 2.75) is 12.8 Å². The van der Waals surface area contributed by atoms with E-state index in [1.54, 1.807) is 36.4 Å². The number of benzene rings is 2. The summed E-state index contributed by atoms with van der Waals surface area (Å²) in [4.78, 5) is 11.8. The molecule has 0 unspecified atom stereocenters. The van der Waals surface area contributed by atoms with Crippen molar-refractivity contribution in [2.75, 3.05) is 0 Å². The molecule has 0 N–H and O–H groups in total. The molecule has 0 amide bonds. The number of carbonyl (C=O) groups is 1. The van der Waals surface area contributed by atoms with Crippen molar-refractivity contribution in [3.05, 3.63) is 70.5 Å². The predicted molar refractivity (Wildman–Crippen MR) is 70.3 cm³/mol. The van der Waals surface area contributed by atoms with E-state index in [1.807, 2.05) is 6.07 Å². The fraction of sp³-hybridized carbons (Fsp3) is 0.133. The molecule has 0 heterocycles. The Balaban J connectivity index is 2.03. The molecule has 0 saturated heterocycles. The lowest BCUT2D eigenvalue weighted by Gasteiger charge is -2.03. The van der Waals surface area contributed by atoms with Gasteiger partial charge in [0.1, 0.15) is 11.6 Å². The summed E-state index contributed by atoms with van der Waals surface area (Å²) in [5.41, 5.74) is 1.29. The molecule has 0 radical (unpaired) electrons. The third-order valence-electron chi connectivity index (χ3n) is 2.64. The highest BCUT2D eigenvalue weighted by molar-refractivity contribution is 6.30. The molecular formula is C15H12ClFO. The molecule has 0 fully saturated rings. The Morgan fingerprint density at radius 2 is 1.83 bits per heavy atom. The Morgan fingerprint density at radius 1 is 1.06 bits per heavy atom. The molecule has 18 heavy (non-hydrogen) atoms. The van der Waals surface area contributed by atoms with Crippen molar-refractivity contribution >= 4 is 17.4 Å². The molecule has 3 heteroatoms. The Hall–Kier alpha value is -1.67. The van der Waals surface area contributed by atoms with Gasteiger partial charge >= 0.3 is 0 Å². The summed E-state index contributed by atoms with van der Waals surface area (Å²) < 4.78 is 13.4. The zero-order chi connectivity index (χ0) is 13.0. The number of ketones is 1. The molecule has 2 aromatic carbocycles. The van der Waals surface area contributed by atoms with Crippen LogP contribution in [0, 0.1) is 5.82 Å². The highest BCUT2D eigenvalue weighted by Crippen LogP contribution is 2.13. The van der Waals surface area contributed by atoms with Crippen LogP contribution in [-0.2, 0) is 17.6 Å². The van der Waals surface area contributed by atoms with Crippen molar-refractivity contribution in [1.29, 1.82) is 0 Å². The Labute approximate surface area is 110 Å². The normalized spacial score (nSPS) is 10.3. The van der Waals surface area contributed by atoms with Gasteiger partial charge in [-0.2, -0.15) is 0 Å². The number of rotatable bonds is 4. The maximum atomic E-state index is 13.4. The van der Waals surface area contributed by atoms with Gasteiger partial charge in [0.25, 0.3) is 0 Å². The standard InChI is InChI=1S/C15H12ClFO/c16-13-6-3-4-11(8-13)9-14(18)10-12-5-1-2-7-15(12)17/h1-8H,9-10H2. The Morgan fingerprint density at radius 3 is 2.56 bits per heavy atom. The van der Waals surface area contributed by atoms with Gasteiger partial charge in [-0.15, -0.1) is 0 Å². The SMILES string of the molecule is O=C(Cc1cccc(Cl)c1)Cc1ccccc1F. The van der Waals surface area contributed by atoms with Crippen LogP contribution in [0.4, 0.5) is 4.39 Å². The molecule has 0 aliphatic rings. The molecule has 1 nitrogen and oxygen atoms in total. The average Bonchev–Trinajstić information content (AvgIpc) is 2.32. The van der Waals surface area contributed by atoms with E-state index in [0.717, 1.165) is 5.56 Å². The van der Waals surface area contributed by atoms with Gasteiger partial charge in [0, 0.05) is 17.9 Å². The van der Waals surface area contributed by atoms with Gasteiger partial charge in [0.15, 0.2) is 0 Å². The zero-order valence-electron chi connectivity index (χ0n) is 9.70. The quantitative estimate of drug-likeness (QED) is 0.818. The van der Waals surface area contributed by atoms with Crippen LogP contribution < -0.4 is 0 Å². The van der Waals surface area contributed by atoms with Gasteiger partial charge in [0.2, 0.25) is 0 Å². The fourth-order valence-electron chi connectivity index (χ4n) is 1.79. The predicted octanol–water partition coefficient (Wildman–Crippen LogP) is 3.83. The van der Waals surface area contributed by atoms with Crippen LogP contribution >= 0.6 is 11.6 Å². The zero-order valence-corrected chi connectivity index (χ0v) is 10.5. The smallest absolute Gasteiger partial charge is 0.141 e. The lowest BCUT2D eigenvalue weighted by atomic mass is 10.0. The van der Waals surface area contributed by atoms with Gasteiger partial charge in [0.05, 0.1) is 0 Å². The van der Waals surface area contributed by atoms with Crippen molar-refractivity contribution in [1.82, 2.24) is 0 Å². The maximum absolute atomic E-state index is 13.4. The van der Waals surface area contributed by atoms with Crippen molar-refractivity contribution in [3.8, 4) is 0 Å². The summed E-state index contributed by atoms with van der Waals surface area (Å²) >= 11 is 5.84. The number of halogens is 2. The van der Waals surface area contributed by atoms with E-state index < -0.39 is 0 Å². The topological polar surface area (TPSA) is 17.1 Å². The number of Topliss-reactive ketones (excluding diaryl/α,β-unsaturated/α-hetero) is 1. The first-order valence-corrected chi connectivity index (χ1v) is 6.02. The van der Waals surface area contributed by atoms with Crippen LogP contribution in [0.25, 0.3) is 0 Å². The highest BCUT2D eigenvalue weighted by atomic mass is 35.5. The Bertz CT molecular complexity index is 566. The van der Waals surface area contributed by atoms with E-state index in [2.05, 4.69) is 0 Å². The molecule has 2 rings (SSSR count). The molecule has 0 aromatic heterocycles. The Kier molecular flexibility index (Phi) is 4.11. The second-order valence-electron chi connectivity index (χ2n) is 4.11. The van der Waals surface area contributed by atoms with Crippen LogP contribution in [0.2, 0.25) is 5.02 Å². The highest BCUT2D eigenvalue weighted by Gasteiger charge is 2.08. The van der Waals surface area contributed by atoms with Crippen LogP contribution in [0.15, 0.2) is 48.5 Å². The van der Waals surface area contributed by atoms with E-state index in [4.69, 9.17) is 11.6 Å². The first kappa shape index (κ1) is 12.8. The second kappa shape index (κ2) is 5.78. The third kappa shape index (κ3) is 3.41. The van der Waals surface area contributed by atoms with Crippen molar-refractivity contribution < 1.29 is 9.18 Å². The molecule has 0 aliphatic heterocycles. The van der Waals surface area contributed by atoms with Gasteiger partial charge in [-0.3, -0.25) is 4.79 Å². The molecular weight excluding hydrogens is 251 g/mol. The van der Waals surface area contributed by atoms with Crippen molar-refractivity contribution in [2.24, 2.45) is 0 Å². The summed E-state index contributed by atoms with van der Waals surface area (Å²) in [6, 6.07) is 13.5. The second-order valence-corrected chi connectivity index (χ2v) is 4.55. The molecule has 0 saturated carbocycles. The number of hydrogen-bond acceptors (Lipinski definition) is 1. The van der Waals surface area contributed by atoms with Gasteiger partial charge in [-0.1, -0.05) is 41.9 Å². The minimum absolute atomic E-state index is 0.0256. The number of carbonyl (C=O) groups excluding carboxylic acids is 1. The monoisotopic (exact) mass is 262 g/mol. The first-order chi connectivity index (χ1) is 8.65. The van der Waals surface area contributed by atoms with Crippen LogP contribution in [-0.4, -0.2) is 5.78 Å². The van der Waals surface area contributed by atoms with Crippen LogP contribution in [0.5, 0.6) is 0 Å². The van der Waals surface area contributed by atoms with E-state index >= 15 is 0 Å².